The zero-order chi connectivity index (χ0) is 10.6. The van der Waals surface area contributed by atoms with E-state index in [1.54, 1.807) is 6.07 Å². The minimum Gasteiger partial charge on any atom is -0.481 e. The van der Waals surface area contributed by atoms with Crippen molar-refractivity contribution in [3.8, 4) is 0 Å². The van der Waals surface area contributed by atoms with Gasteiger partial charge in [-0.2, -0.15) is 0 Å². The maximum Gasteiger partial charge on any atom is 0.307 e. The number of hydrogen-bond acceptors (Lipinski definition) is 2. The molecule has 5 heteroatoms. The van der Waals surface area contributed by atoms with E-state index in [0.717, 1.165) is 4.47 Å². The molecule has 2 N–H and O–H groups in total. The SMILES string of the molecule is O=C(O)CC=Cc1cc(Br)c[nH]c1=O. The molecule has 0 bridgehead atoms. The van der Waals surface area contributed by atoms with Crippen LogP contribution in [0.5, 0.6) is 0 Å². The van der Waals surface area contributed by atoms with Crippen LogP contribution >= 0.6 is 15.9 Å². The van der Waals surface area contributed by atoms with Crippen molar-refractivity contribution in [1.82, 2.24) is 4.98 Å². The molecule has 0 aliphatic heterocycles. The Hall–Kier alpha value is -1.36. The molecule has 0 aliphatic rings. The van der Waals surface area contributed by atoms with Crippen molar-refractivity contribution < 1.29 is 9.90 Å². The molecule has 14 heavy (non-hydrogen) atoms. The molecule has 74 valence electrons. The van der Waals surface area contributed by atoms with Crippen LogP contribution in [0.15, 0.2) is 27.6 Å². The van der Waals surface area contributed by atoms with E-state index in [-0.39, 0.29) is 12.0 Å². The smallest absolute Gasteiger partial charge is 0.307 e. The first-order chi connectivity index (χ1) is 6.59. The monoisotopic (exact) mass is 257 g/mol. The fourth-order valence-corrected chi connectivity index (χ4v) is 1.25. The van der Waals surface area contributed by atoms with Crippen molar-refractivity contribution >= 4 is 28.0 Å². The molecule has 1 rings (SSSR count). The van der Waals surface area contributed by atoms with Gasteiger partial charge in [0.25, 0.3) is 5.56 Å². The molecule has 1 aromatic heterocycles. The summed E-state index contributed by atoms with van der Waals surface area (Å²) in [6.07, 6.45) is 4.35. The third-order valence-corrected chi connectivity index (χ3v) is 1.94. The Kier molecular flexibility index (Phi) is 3.64. The Labute approximate surface area is 88.4 Å². The van der Waals surface area contributed by atoms with E-state index in [1.165, 1.54) is 18.3 Å². The minimum absolute atomic E-state index is 0.0913. The summed E-state index contributed by atoms with van der Waals surface area (Å²) in [5.74, 6) is -0.923. The van der Waals surface area contributed by atoms with E-state index in [1.807, 2.05) is 0 Å². The Morgan fingerprint density at radius 3 is 3.00 bits per heavy atom. The van der Waals surface area contributed by atoms with Crippen molar-refractivity contribution in [3.05, 3.63) is 38.7 Å². The van der Waals surface area contributed by atoms with E-state index in [4.69, 9.17) is 5.11 Å². The maximum atomic E-state index is 11.2. The van der Waals surface area contributed by atoms with Gasteiger partial charge in [-0.1, -0.05) is 12.2 Å². The molecule has 0 atom stereocenters. The number of nitrogens with one attached hydrogen (secondary N) is 1. The minimum atomic E-state index is -0.923. The van der Waals surface area contributed by atoms with E-state index in [2.05, 4.69) is 20.9 Å². The molecule has 0 aromatic carbocycles. The Morgan fingerprint density at radius 1 is 1.64 bits per heavy atom. The number of H-pyrrole nitrogens is 1. The summed E-state index contributed by atoms with van der Waals surface area (Å²) in [6.45, 7) is 0. The van der Waals surface area contributed by atoms with Crippen molar-refractivity contribution in [2.24, 2.45) is 0 Å². The molecule has 4 nitrogen and oxygen atoms in total. The van der Waals surface area contributed by atoms with E-state index >= 15 is 0 Å². The number of aliphatic carboxylic acids is 1. The van der Waals surface area contributed by atoms with E-state index in [9.17, 15) is 9.59 Å². The topological polar surface area (TPSA) is 70.2 Å². The number of carbonyl (C=O) groups is 1. The number of halogens is 1. The quantitative estimate of drug-likeness (QED) is 0.865. The van der Waals surface area contributed by atoms with Crippen molar-refractivity contribution in [3.63, 3.8) is 0 Å². The van der Waals surface area contributed by atoms with Gasteiger partial charge in [0, 0.05) is 16.2 Å². The average molecular weight is 258 g/mol. The number of pyridine rings is 1. The summed E-state index contributed by atoms with van der Waals surface area (Å²) >= 11 is 3.20. The standard InChI is InChI=1S/C9H8BrNO3/c10-7-4-6(9(14)11-5-7)2-1-3-8(12)13/h1-2,4-5H,3H2,(H,11,14)(H,12,13). The van der Waals surface area contributed by atoms with Crippen LogP contribution < -0.4 is 5.56 Å². The maximum absolute atomic E-state index is 11.2. The molecular formula is C9H8BrNO3. The highest BCUT2D eigenvalue weighted by atomic mass is 79.9. The lowest BCUT2D eigenvalue weighted by atomic mass is 10.2. The lowest BCUT2D eigenvalue weighted by Crippen LogP contribution is -2.07. The van der Waals surface area contributed by atoms with Crippen molar-refractivity contribution in [2.75, 3.05) is 0 Å². The molecule has 0 amide bonds. The van der Waals surface area contributed by atoms with Gasteiger partial charge in [0.05, 0.1) is 6.42 Å². The number of hydrogen-bond donors (Lipinski definition) is 2. The van der Waals surface area contributed by atoms with Gasteiger partial charge in [0.1, 0.15) is 0 Å². The second-order valence-corrected chi connectivity index (χ2v) is 3.52. The summed E-state index contributed by atoms with van der Waals surface area (Å²) in [7, 11) is 0. The lowest BCUT2D eigenvalue weighted by Gasteiger charge is -1.92. The first-order valence-electron chi connectivity index (χ1n) is 3.86. The summed E-state index contributed by atoms with van der Waals surface area (Å²) in [5.41, 5.74) is 0.190. The summed E-state index contributed by atoms with van der Waals surface area (Å²) < 4.78 is 0.743. The molecule has 1 aromatic rings. The third kappa shape index (κ3) is 3.18. The number of carboxylic acid groups (broad SMARTS) is 1. The van der Waals surface area contributed by atoms with Crippen LogP contribution in [0.3, 0.4) is 0 Å². The number of aromatic nitrogens is 1. The van der Waals surface area contributed by atoms with Gasteiger partial charge >= 0.3 is 5.97 Å². The molecule has 0 fully saturated rings. The average Bonchev–Trinajstić information content (AvgIpc) is 2.10. The molecule has 0 unspecified atom stereocenters. The largest absolute Gasteiger partial charge is 0.481 e. The zero-order valence-corrected chi connectivity index (χ0v) is 8.74. The van der Waals surface area contributed by atoms with Crippen LogP contribution in [0, 0.1) is 0 Å². The number of rotatable bonds is 3. The highest BCUT2D eigenvalue weighted by molar-refractivity contribution is 9.10. The molecule has 1 heterocycles. The molecule has 0 spiro atoms. The van der Waals surface area contributed by atoms with Crippen LogP contribution in [0.1, 0.15) is 12.0 Å². The first kappa shape index (κ1) is 10.7. The van der Waals surface area contributed by atoms with Gasteiger partial charge in [-0.25, -0.2) is 0 Å². The van der Waals surface area contributed by atoms with E-state index < -0.39 is 5.97 Å². The predicted octanol–water partition coefficient (Wildman–Crippen LogP) is 1.63. The normalized spacial score (nSPS) is 10.6. The Bertz CT molecular complexity index is 422. The molecule has 0 saturated carbocycles. The van der Waals surface area contributed by atoms with Crippen LogP contribution in [0.2, 0.25) is 0 Å². The van der Waals surface area contributed by atoms with Gasteiger partial charge in [-0.05, 0) is 22.0 Å². The summed E-state index contributed by atoms with van der Waals surface area (Å²) in [4.78, 5) is 23.9. The lowest BCUT2D eigenvalue weighted by molar-refractivity contribution is -0.135. The van der Waals surface area contributed by atoms with Gasteiger partial charge in [0.2, 0.25) is 0 Å². The second-order valence-electron chi connectivity index (χ2n) is 2.60. The zero-order valence-electron chi connectivity index (χ0n) is 7.16. The van der Waals surface area contributed by atoms with Crippen molar-refractivity contribution in [1.29, 1.82) is 0 Å². The first-order valence-corrected chi connectivity index (χ1v) is 4.65. The van der Waals surface area contributed by atoms with Gasteiger partial charge in [-0.15, -0.1) is 0 Å². The van der Waals surface area contributed by atoms with E-state index in [0.29, 0.717) is 5.56 Å². The molecule has 0 aliphatic carbocycles. The number of carboxylic acids is 1. The number of aromatic amines is 1. The molecule has 0 saturated heterocycles. The predicted molar refractivity (Wildman–Crippen MR) is 56.0 cm³/mol. The van der Waals surface area contributed by atoms with Crippen LogP contribution in [-0.4, -0.2) is 16.1 Å². The van der Waals surface area contributed by atoms with Gasteiger partial charge < -0.3 is 10.1 Å². The Balaban J connectivity index is 2.86. The second kappa shape index (κ2) is 4.76. The van der Waals surface area contributed by atoms with Crippen LogP contribution in [-0.2, 0) is 4.79 Å². The fraction of sp³-hybridized carbons (Fsp3) is 0.111. The molecule has 0 radical (unpaired) electrons. The van der Waals surface area contributed by atoms with Crippen LogP contribution in [0.25, 0.3) is 6.08 Å². The fourth-order valence-electron chi connectivity index (χ4n) is 0.884. The third-order valence-electron chi connectivity index (χ3n) is 1.49. The summed E-state index contributed by atoms with van der Waals surface area (Å²) in [6, 6.07) is 1.62. The van der Waals surface area contributed by atoms with Crippen LogP contribution in [0.4, 0.5) is 0 Å². The van der Waals surface area contributed by atoms with Gasteiger partial charge in [-0.3, -0.25) is 9.59 Å². The highest BCUT2D eigenvalue weighted by Crippen LogP contribution is 2.07. The summed E-state index contributed by atoms with van der Waals surface area (Å²) in [5, 5.41) is 8.37. The van der Waals surface area contributed by atoms with Gasteiger partial charge in [0.15, 0.2) is 0 Å². The molecular weight excluding hydrogens is 250 g/mol. The van der Waals surface area contributed by atoms with Crippen molar-refractivity contribution in [2.45, 2.75) is 6.42 Å². The highest BCUT2D eigenvalue weighted by Gasteiger charge is 1.96. The Morgan fingerprint density at radius 2 is 2.36 bits per heavy atom.